The summed E-state index contributed by atoms with van der Waals surface area (Å²) in [4.78, 5) is 12.2. The van der Waals surface area contributed by atoms with Crippen LogP contribution >= 0.6 is 0 Å². The van der Waals surface area contributed by atoms with E-state index in [1.165, 1.54) is 0 Å². The molecule has 0 aliphatic heterocycles. The molecule has 5 heteroatoms. The number of amides is 1. The van der Waals surface area contributed by atoms with E-state index in [1.54, 1.807) is 10.9 Å². The van der Waals surface area contributed by atoms with Crippen LogP contribution in [0, 0.1) is 0 Å². The third-order valence-electron chi connectivity index (χ3n) is 3.04. The van der Waals surface area contributed by atoms with Gasteiger partial charge in [0, 0.05) is 11.9 Å². The van der Waals surface area contributed by atoms with Crippen LogP contribution in [0.1, 0.15) is 10.4 Å². The van der Waals surface area contributed by atoms with Gasteiger partial charge in [-0.25, -0.2) is 4.68 Å². The first-order valence-electron chi connectivity index (χ1n) is 6.51. The van der Waals surface area contributed by atoms with Crippen LogP contribution in [-0.4, -0.2) is 15.7 Å². The van der Waals surface area contributed by atoms with Crippen LogP contribution in [0.15, 0.2) is 66.9 Å². The maximum Gasteiger partial charge on any atom is 0.261 e. The lowest BCUT2D eigenvalue weighted by atomic mass is 10.2. The Morgan fingerprint density at radius 1 is 1.00 bits per heavy atom. The Hall–Kier alpha value is -3.08. The van der Waals surface area contributed by atoms with Crippen molar-refractivity contribution in [3.05, 3.63) is 72.4 Å². The van der Waals surface area contributed by atoms with E-state index < -0.39 is 0 Å². The van der Waals surface area contributed by atoms with Gasteiger partial charge in [-0.1, -0.05) is 36.4 Å². The molecule has 104 valence electrons. The lowest BCUT2D eigenvalue weighted by molar-refractivity contribution is 0.102. The zero-order valence-electron chi connectivity index (χ0n) is 11.2. The predicted octanol–water partition coefficient (Wildman–Crippen LogP) is 2.71. The number of aromatic nitrogens is 2. The van der Waals surface area contributed by atoms with E-state index in [4.69, 9.17) is 5.73 Å². The molecule has 21 heavy (non-hydrogen) atoms. The van der Waals surface area contributed by atoms with Gasteiger partial charge in [-0.2, -0.15) is 0 Å². The number of benzene rings is 2. The number of rotatable bonds is 3. The minimum absolute atomic E-state index is 0.201. The Balaban J connectivity index is 1.86. The summed E-state index contributed by atoms with van der Waals surface area (Å²) in [5, 5.41) is 6.97. The molecule has 3 rings (SSSR count). The summed E-state index contributed by atoms with van der Waals surface area (Å²) in [5.74, 6) is -0.0758. The van der Waals surface area contributed by atoms with Gasteiger partial charge < -0.3 is 11.1 Å². The topological polar surface area (TPSA) is 72.9 Å². The van der Waals surface area contributed by atoms with Crippen LogP contribution in [0.4, 0.5) is 11.5 Å². The van der Waals surface area contributed by atoms with Crippen molar-refractivity contribution in [3.8, 4) is 5.69 Å². The van der Waals surface area contributed by atoms with Gasteiger partial charge in [-0.15, -0.1) is 5.10 Å². The molecule has 3 aromatic rings. The lowest BCUT2D eigenvalue weighted by Gasteiger charge is -2.03. The molecule has 0 atom stereocenters. The minimum atomic E-state index is -0.277. The fourth-order valence-electron chi connectivity index (χ4n) is 2.00. The van der Waals surface area contributed by atoms with E-state index in [2.05, 4.69) is 10.4 Å². The molecular formula is C16H14N4O. The molecule has 0 saturated carbocycles. The molecule has 0 spiro atoms. The lowest BCUT2D eigenvalue weighted by Crippen LogP contribution is -2.12. The maximum absolute atomic E-state index is 12.2. The summed E-state index contributed by atoms with van der Waals surface area (Å²) in [5.41, 5.74) is 7.76. The van der Waals surface area contributed by atoms with Gasteiger partial charge in [0.25, 0.3) is 5.91 Å². The number of hydrogen-bond donors (Lipinski definition) is 2. The highest BCUT2D eigenvalue weighted by Gasteiger charge is 2.15. The second kappa shape index (κ2) is 5.50. The average Bonchev–Trinajstić information content (AvgIpc) is 2.91. The molecule has 1 aromatic heterocycles. The van der Waals surface area contributed by atoms with E-state index in [1.807, 2.05) is 60.7 Å². The van der Waals surface area contributed by atoms with Crippen LogP contribution in [0.2, 0.25) is 0 Å². The largest absolute Gasteiger partial charge is 0.382 e. The van der Waals surface area contributed by atoms with E-state index in [-0.39, 0.29) is 11.7 Å². The smallest absolute Gasteiger partial charge is 0.261 e. The summed E-state index contributed by atoms with van der Waals surface area (Å²) in [6.07, 6.45) is 1.63. The Kier molecular flexibility index (Phi) is 3.39. The summed E-state index contributed by atoms with van der Waals surface area (Å²) >= 11 is 0. The fourth-order valence-corrected chi connectivity index (χ4v) is 2.00. The highest BCUT2D eigenvalue weighted by atomic mass is 16.1. The van der Waals surface area contributed by atoms with E-state index in [0.717, 1.165) is 11.4 Å². The van der Waals surface area contributed by atoms with Gasteiger partial charge in [0.2, 0.25) is 0 Å². The number of nitrogens with zero attached hydrogens (tertiary/aromatic N) is 2. The normalized spacial score (nSPS) is 10.3. The number of carbonyl (C=O) groups is 1. The Labute approximate surface area is 122 Å². The third kappa shape index (κ3) is 2.76. The Morgan fingerprint density at radius 3 is 2.29 bits per heavy atom. The SMILES string of the molecule is Nc1nn(-c2ccccc2)cc1C(=O)Nc1ccccc1. The van der Waals surface area contributed by atoms with Crippen molar-refractivity contribution in [1.82, 2.24) is 9.78 Å². The maximum atomic E-state index is 12.2. The zero-order valence-corrected chi connectivity index (χ0v) is 11.2. The number of hydrogen-bond acceptors (Lipinski definition) is 3. The zero-order chi connectivity index (χ0) is 14.7. The molecule has 2 aromatic carbocycles. The molecule has 1 heterocycles. The van der Waals surface area contributed by atoms with Crippen molar-refractivity contribution >= 4 is 17.4 Å². The van der Waals surface area contributed by atoms with Crippen molar-refractivity contribution < 1.29 is 4.79 Å². The Morgan fingerprint density at radius 2 is 1.62 bits per heavy atom. The van der Waals surface area contributed by atoms with Crippen LogP contribution in [0.3, 0.4) is 0 Å². The van der Waals surface area contributed by atoms with Gasteiger partial charge in [-0.05, 0) is 24.3 Å². The number of nitrogen functional groups attached to an aromatic ring is 1. The second-order valence-electron chi connectivity index (χ2n) is 4.53. The minimum Gasteiger partial charge on any atom is -0.382 e. The first-order chi connectivity index (χ1) is 10.2. The van der Waals surface area contributed by atoms with Crippen LogP contribution in [-0.2, 0) is 0 Å². The molecule has 0 aliphatic carbocycles. The highest BCUT2D eigenvalue weighted by molar-refractivity contribution is 6.07. The van der Waals surface area contributed by atoms with Gasteiger partial charge >= 0.3 is 0 Å². The van der Waals surface area contributed by atoms with Crippen molar-refractivity contribution in [2.75, 3.05) is 11.1 Å². The quantitative estimate of drug-likeness (QED) is 0.773. The second-order valence-corrected chi connectivity index (χ2v) is 4.53. The van der Waals surface area contributed by atoms with Crippen LogP contribution in [0.25, 0.3) is 5.69 Å². The van der Waals surface area contributed by atoms with Crippen molar-refractivity contribution in [2.45, 2.75) is 0 Å². The van der Waals surface area contributed by atoms with Crippen molar-refractivity contribution in [1.29, 1.82) is 0 Å². The molecule has 0 aliphatic rings. The molecule has 0 fully saturated rings. The number of nitrogens with one attached hydrogen (secondary N) is 1. The van der Waals surface area contributed by atoms with Crippen molar-refractivity contribution in [2.24, 2.45) is 0 Å². The predicted molar refractivity (Wildman–Crippen MR) is 82.4 cm³/mol. The molecule has 5 nitrogen and oxygen atoms in total. The first kappa shape index (κ1) is 12.9. The van der Waals surface area contributed by atoms with Crippen LogP contribution in [0.5, 0.6) is 0 Å². The van der Waals surface area contributed by atoms with E-state index in [9.17, 15) is 4.79 Å². The molecule has 0 saturated heterocycles. The van der Waals surface area contributed by atoms with Crippen LogP contribution < -0.4 is 11.1 Å². The fraction of sp³-hybridized carbons (Fsp3) is 0. The first-order valence-corrected chi connectivity index (χ1v) is 6.51. The Bertz CT molecular complexity index is 750. The molecular weight excluding hydrogens is 264 g/mol. The van der Waals surface area contributed by atoms with Gasteiger partial charge in [-0.3, -0.25) is 4.79 Å². The average molecular weight is 278 g/mol. The molecule has 0 bridgehead atoms. The highest BCUT2D eigenvalue weighted by Crippen LogP contribution is 2.16. The van der Waals surface area contributed by atoms with Gasteiger partial charge in [0.05, 0.1) is 5.69 Å². The van der Waals surface area contributed by atoms with Crippen molar-refractivity contribution in [3.63, 3.8) is 0 Å². The van der Waals surface area contributed by atoms with E-state index >= 15 is 0 Å². The number of carbonyl (C=O) groups excluding carboxylic acids is 1. The summed E-state index contributed by atoms with van der Waals surface area (Å²) < 4.78 is 1.59. The molecule has 1 amide bonds. The molecule has 0 radical (unpaired) electrons. The molecule has 0 unspecified atom stereocenters. The van der Waals surface area contributed by atoms with Gasteiger partial charge in [0.1, 0.15) is 5.56 Å². The number of para-hydroxylation sites is 2. The van der Waals surface area contributed by atoms with E-state index in [0.29, 0.717) is 5.56 Å². The monoisotopic (exact) mass is 278 g/mol. The number of anilines is 2. The summed E-state index contributed by atoms with van der Waals surface area (Å²) in [7, 11) is 0. The number of nitrogens with two attached hydrogens (primary N) is 1. The summed E-state index contributed by atoms with van der Waals surface area (Å²) in [6.45, 7) is 0. The summed E-state index contributed by atoms with van der Waals surface area (Å²) in [6, 6.07) is 18.7. The molecule has 3 N–H and O–H groups in total. The third-order valence-corrected chi connectivity index (χ3v) is 3.04. The van der Waals surface area contributed by atoms with Gasteiger partial charge in [0.15, 0.2) is 5.82 Å². The standard InChI is InChI=1S/C16H14N4O/c17-15-14(16(21)18-12-7-3-1-4-8-12)11-20(19-15)13-9-5-2-6-10-13/h1-11H,(H2,17,19)(H,18,21).